The van der Waals surface area contributed by atoms with Crippen molar-refractivity contribution in [3.63, 3.8) is 0 Å². The normalized spacial score (nSPS) is 18.3. The largest absolute Gasteiger partial charge is 0.368 e. The Morgan fingerprint density at radius 2 is 1.59 bits per heavy atom. The molecule has 2 fully saturated rings. The molecule has 1 saturated carbocycles. The lowest BCUT2D eigenvalue weighted by molar-refractivity contribution is -0.142. The number of aryl methyl sites for hydroxylation is 1. The maximum atomic E-state index is 12.4. The van der Waals surface area contributed by atoms with Gasteiger partial charge in [-0.15, -0.1) is 0 Å². The van der Waals surface area contributed by atoms with Crippen LogP contribution in [0.4, 0.5) is 5.69 Å². The SMILES string of the molecule is Cc1ccc(N2CCN(C(=O)CNC(=O)C(=O)C3CCCCC3)CC2)cc1. The van der Waals surface area contributed by atoms with Crippen molar-refractivity contribution in [1.82, 2.24) is 10.2 Å². The summed E-state index contributed by atoms with van der Waals surface area (Å²) < 4.78 is 0. The molecule has 0 aromatic heterocycles. The molecule has 0 unspecified atom stereocenters. The zero-order valence-electron chi connectivity index (χ0n) is 16.1. The van der Waals surface area contributed by atoms with Gasteiger partial charge in [-0.3, -0.25) is 14.4 Å². The summed E-state index contributed by atoms with van der Waals surface area (Å²) in [4.78, 5) is 40.6. The zero-order chi connectivity index (χ0) is 19.2. The molecule has 6 nitrogen and oxygen atoms in total. The number of carbonyl (C=O) groups excluding carboxylic acids is 3. The van der Waals surface area contributed by atoms with Crippen LogP contribution in [-0.4, -0.2) is 55.2 Å². The van der Waals surface area contributed by atoms with E-state index in [1.54, 1.807) is 4.90 Å². The summed E-state index contributed by atoms with van der Waals surface area (Å²) in [6.45, 7) is 4.75. The predicted molar refractivity (Wildman–Crippen MR) is 105 cm³/mol. The molecule has 0 radical (unpaired) electrons. The van der Waals surface area contributed by atoms with E-state index < -0.39 is 5.91 Å². The first-order valence-electron chi connectivity index (χ1n) is 9.96. The zero-order valence-corrected chi connectivity index (χ0v) is 16.1. The van der Waals surface area contributed by atoms with Crippen molar-refractivity contribution < 1.29 is 14.4 Å². The van der Waals surface area contributed by atoms with E-state index in [1.807, 2.05) is 0 Å². The topological polar surface area (TPSA) is 69.7 Å². The van der Waals surface area contributed by atoms with Gasteiger partial charge in [-0.2, -0.15) is 0 Å². The van der Waals surface area contributed by atoms with Gasteiger partial charge in [0.1, 0.15) is 0 Å². The van der Waals surface area contributed by atoms with Crippen LogP contribution in [0.5, 0.6) is 0 Å². The number of nitrogens with zero attached hydrogens (tertiary/aromatic N) is 2. The first kappa shape index (κ1) is 19.4. The highest BCUT2D eigenvalue weighted by molar-refractivity contribution is 6.37. The van der Waals surface area contributed by atoms with Crippen LogP contribution in [0.1, 0.15) is 37.7 Å². The second-order valence-electron chi connectivity index (χ2n) is 7.59. The third kappa shape index (κ3) is 5.08. The minimum Gasteiger partial charge on any atom is -0.368 e. The molecule has 3 rings (SSSR count). The Hall–Kier alpha value is -2.37. The summed E-state index contributed by atoms with van der Waals surface area (Å²) >= 11 is 0. The first-order valence-corrected chi connectivity index (χ1v) is 9.96. The summed E-state index contributed by atoms with van der Waals surface area (Å²) in [6.07, 6.45) is 4.74. The Balaban J connectivity index is 1.42. The number of hydrogen-bond donors (Lipinski definition) is 1. The minimum atomic E-state index is -0.603. The molecular formula is C21H29N3O3. The second kappa shape index (κ2) is 9.02. The highest BCUT2D eigenvalue weighted by Crippen LogP contribution is 2.24. The number of nitrogens with one attached hydrogen (secondary N) is 1. The molecule has 6 heteroatoms. The number of Topliss-reactive ketones (excluding diaryl/α,β-unsaturated/α-hetero) is 1. The van der Waals surface area contributed by atoms with Crippen LogP contribution in [0.3, 0.4) is 0 Å². The van der Waals surface area contributed by atoms with E-state index in [9.17, 15) is 14.4 Å². The number of rotatable bonds is 5. The average molecular weight is 371 g/mol. The van der Waals surface area contributed by atoms with E-state index in [-0.39, 0.29) is 24.2 Å². The van der Waals surface area contributed by atoms with Crippen LogP contribution in [0, 0.1) is 12.8 Å². The van der Waals surface area contributed by atoms with E-state index in [2.05, 4.69) is 41.4 Å². The van der Waals surface area contributed by atoms with Gasteiger partial charge in [0.25, 0.3) is 5.91 Å². The number of piperazine rings is 1. The molecule has 2 aliphatic rings. The fourth-order valence-electron chi connectivity index (χ4n) is 3.87. The van der Waals surface area contributed by atoms with Gasteiger partial charge in [0.05, 0.1) is 6.54 Å². The summed E-state index contributed by atoms with van der Waals surface area (Å²) in [5.74, 6) is -1.24. The molecule has 146 valence electrons. The molecule has 0 spiro atoms. The lowest BCUT2D eigenvalue weighted by Crippen LogP contribution is -2.51. The molecule has 2 amide bonds. The van der Waals surface area contributed by atoms with Crippen molar-refractivity contribution in [3.05, 3.63) is 29.8 Å². The number of hydrogen-bond acceptors (Lipinski definition) is 4. The van der Waals surface area contributed by atoms with Crippen molar-refractivity contribution in [2.45, 2.75) is 39.0 Å². The molecule has 0 atom stereocenters. The Morgan fingerprint density at radius 3 is 2.22 bits per heavy atom. The van der Waals surface area contributed by atoms with Crippen molar-refractivity contribution in [3.8, 4) is 0 Å². The van der Waals surface area contributed by atoms with Crippen molar-refractivity contribution >= 4 is 23.3 Å². The van der Waals surface area contributed by atoms with Gasteiger partial charge in [0.15, 0.2) is 0 Å². The van der Waals surface area contributed by atoms with E-state index in [0.717, 1.165) is 45.2 Å². The lowest BCUT2D eigenvalue weighted by Gasteiger charge is -2.36. The lowest BCUT2D eigenvalue weighted by atomic mass is 9.86. The summed E-state index contributed by atoms with van der Waals surface area (Å²) in [7, 11) is 0. The Morgan fingerprint density at radius 1 is 0.963 bits per heavy atom. The molecule has 1 aromatic rings. The molecule has 1 heterocycles. The number of amides is 2. The van der Waals surface area contributed by atoms with Gasteiger partial charge in [-0.05, 0) is 31.9 Å². The first-order chi connectivity index (χ1) is 13.0. The van der Waals surface area contributed by atoms with Crippen LogP contribution < -0.4 is 10.2 Å². The van der Waals surface area contributed by atoms with Gasteiger partial charge in [-0.1, -0.05) is 37.0 Å². The maximum absolute atomic E-state index is 12.4. The molecule has 1 saturated heterocycles. The van der Waals surface area contributed by atoms with E-state index >= 15 is 0 Å². The minimum absolute atomic E-state index is 0.0954. The maximum Gasteiger partial charge on any atom is 0.288 e. The van der Waals surface area contributed by atoms with Crippen molar-refractivity contribution in [1.29, 1.82) is 0 Å². The van der Waals surface area contributed by atoms with Gasteiger partial charge >= 0.3 is 0 Å². The van der Waals surface area contributed by atoms with E-state index in [0.29, 0.717) is 13.1 Å². The monoisotopic (exact) mass is 371 g/mol. The smallest absolute Gasteiger partial charge is 0.288 e. The number of anilines is 1. The molecule has 27 heavy (non-hydrogen) atoms. The molecule has 1 aromatic carbocycles. The average Bonchev–Trinajstić information content (AvgIpc) is 2.72. The van der Waals surface area contributed by atoms with Gasteiger partial charge < -0.3 is 15.1 Å². The van der Waals surface area contributed by atoms with Crippen LogP contribution in [-0.2, 0) is 14.4 Å². The number of carbonyl (C=O) groups is 3. The third-order valence-electron chi connectivity index (χ3n) is 5.63. The van der Waals surface area contributed by atoms with Gasteiger partial charge in [0, 0.05) is 37.8 Å². The standard InChI is InChI=1S/C21H29N3O3/c1-16-7-9-18(10-8-16)23-11-13-24(14-12-23)19(25)15-22-21(27)20(26)17-5-3-2-4-6-17/h7-10,17H,2-6,11-15H2,1H3,(H,22,27). The van der Waals surface area contributed by atoms with Crippen LogP contribution in [0.2, 0.25) is 0 Å². The Bertz CT molecular complexity index is 672. The summed E-state index contributed by atoms with van der Waals surface area (Å²) in [6, 6.07) is 8.38. The fourth-order valence-corrected chi connectivity index (χ4v) is 3.87. The number of benzene rings is 1. The van der Waals surface area contributed by atoms with Crippen molar-refractivity contribution in [2.24, 2.45) is 5.92 Å². The van der Waals surface area contributed by atoms with Crippen molar-refractivity contribution in [2.75, 3.05) is 37.6 Å². The second-order valence-corrected chi connectivity index (χ2v) is 7.59. The fraction of sp³-hybridized carbons (Fsp3) is 0.571. The van der Waals surface area contributed by atoms with Crippen LogP contribution in [0.25, 0.3) is 0 Å². The highest BCUT2D eigenvalue weighted by atomic mass is 16.2. The van der Waals surface area contributed by atoms with Gasteiger partial charge in [-0.25, -0.2) is 0 Å². The summed E-state index contributed by atoms with van der Waals surface area (Å²) in [5.41, 5.74) is 2.39. The third-order valence-corrected chi connectivity index (χ3v) is 5.63. The molecule has 1 N–H and O–H groups in total. The van der Waals surface area contributed by atoms with E-state index in [1.165, 1.54) is 11.3 Å². The molecule has 1 aliphatic carbocycles. The number of ketones is 1. The van der Waals surface area contributed by atoms with Crippen LogP contribution >= 0.6 is 0 Å². The molecular weight excluding hydrogens is 342 g/mol. The highest BCUT2D eigenvalue weighted by Gasteiger charge is 2.28. The summed E-state index contributed by atoms with van der Waals surface area (Å²) in [5, 5.41) is 2.53. The molecule has 1 aliphatic heterocycles. The Labute approximate surface area is 160 Å². The van der Waals surface area contributed by atoms with Crippen LogP contribution in [0.15, 0.2) is 24.3 Å². The quantitative estimate of drug-likeness (QED) is 0.803. The van der Waals surface area contributed by atoms with E-state index in [4.69, 9.17) is 0 Å². The predicted octanol–water partition coefficient (Wildman–Crippen LogP) is 1.91. The van der Waals surface area contributed by atoms with Gasteiger partial charge in [0.2, 0.25) is 11.7 Å². The molecule has 0 bridgehead atoms. The Kier molecular flexibility index (Phi) is 6.48.